The van der Waals surface area contributed by atoms with Crippen LogP contribution in [0.4, 0.5) is 0 Å². The highest BCUT2D eigenvalue weighted by Gasteiger charge is 2.65. The lowest BCUT2D eigenvalue weighted by Gasteiger charge is -2.34. The second-order valence-corrected chi connectivity index (χ2v) is 13.5. The first kappa shape index (κ1) is 24.1. The largest absolute Gasteiger partial charge is 0.268 e. The summed E-state index contributed by atoms with van der Waals surface area (Å²) in [6.45, 7) is 13.6. The Labute approximate surface area is 207 Å². The number of fused-ring (bicyclic) bond motifs is 4. The quantitative estimate of drug-likeness (QED) is 0.286. The molecule has 0 aromatic rings. The zero-order valence-electron chi connectivity index (χ0n) is 19.8. The second-order valence-electron chi connectivity index (χ2n) is 11.5. The van der Waals surface area contributed by atoms with E-state index in [2.05, 4.69) is 94.5 Å². The van der Waals surface area contributed by atoms with E-state index in [1.807, 2.05) is 0 Å². The van der Waals surface area contributed by atoms with E-state index in [0.29, 0.717) is 11.8 Å². The molecule has 0 heterocycles. The van der Waals surface area contributed by atoms with E-state index >= 15 is 0 Å². The minimum Gasteiger partial charge on any atom is -0.268 e. The van der Waals surface area contributed by atoms with Gasteiger partial charge in [-0.2, -0.15) is 10.2 Å². The summed E-state index contributed by atoms with van der Waals surface area (Å²) < 4.78 is 0. The highest BCUT2D eigenvalue weighted by Crippen LogP contribution is 2.66. The maximum Gasteiger partial charge on any atom is 0.264 e. The van der Waals surface area contributed by atoms with E-state index in [0.717, 1.165) is 24.3 Å². The smallest absolute Gasteiger partial charge is 0.264 e. The van der Waals surface area contributed by atoms with Crippen LogP contribution in [-0.4, -0.2) is 32.9 Å². The van der Waals surface area contributed by atoms with Gasteiger partial charge in [0.25, 0.3) is 11.8 Å². The first-order valence-corrected chi connectivity index (χ1v) is 13.3. The fourth-order valence-corrected chi connectivity index (χ4v) is 9.90. The number of hydrogen-bond donors (Lipinski definition) is 2. The predicted molar refractivity (Wildman–Crippen MR) is 135 cm³/mol. The molecule has 0 aromatic carbocycles. The van der Waals surface area contributed by atoms with Crippen LogP contribution in [0, 0.1) is 33.5 Å². The molecular formula is C24H34Br2N4O2. The molecule has 2 N–H and O–H groups in total. The topological polar surface area (TPSA) is 82.9 Å². The van der Waals surface area contributed by atoms with E-state index in [9.17, 15) is 9.59 Å². The predicted octanol–water partition coefficient (Wildman–Crippen LogP) is 4.93. The van der Waals surface area contributed by atoms with Gasteiger partial charge in [0.1, 0.15) is 0 Å². The number of carbonyl (C=O) groups excluding carboxylic acids is 2. The van der Waals surface area contributed by atoms with Gasteiger partial charge in [-0.05, 0) is 48.3 Å². The molecule has 6 atom stereocenters. The molecule has 176 valence electrons. The van der Waals surface area contributed by atoms with Gasteiger partial charge < -0.3 is 0 Å². The van der Waals surface area contributed by atoms with Crippen molar-refractivity contribution in [1.29, 1.82) is 0 Å². The Morgan fingerprint density at radius 3 is 1.41 bits per heavy atom. The van der Waals surface area contributed by atoms with Crippen LogP contribution < -0.4 is 10.9 Å². The minimum atomic E-state index is -0.421. The molecule has 6 nitrogen and oxygen atoms in total. The van der Waals surface area contributed by atoms with Gasteiger partial charge in [-0.1, -0.05) is 73.4 Å². The summed E-state index contributed by atoms with van der Waals surface area (Å²) in [7, 11) is 0. The van der Waals surface area contributed by atoms with Crippen molar-refractivity contribution in [2.75, 3.05) is 0 Å². The van der Waals surface area contributed by atoms with Crippen LogP contribution in [0.15, 0.2) is 22.4 Å². The van der Waals surface area contributed by atoms with Crippen LogP contribution in [0.25, 0.3) is 0 Å². The zero-order chi connectivity index (χ0) is 23.7. The number of carbonyl (C=O) groups is 2. The Hall–Kier alpha value is -1.02. The van der Waals surface area contributed by atoms with Gasteiger partial charge >= 0.3 is 0 Å². The van der Waals surface area contributed by atoms with Crippen molar-refractivity contribution < 1.29 is 9.59 Å². The fourth-order valence-electron chi connectivity index (χ4n) is 6.83. The minimum absolute atomic E-state index is 0.0346. The van der Waals surface area contributed by atoms with Crippen molar-refractivity contribution in [2.45, 2.75) is 76.9 Å². The molecule has 2 amide bonds. The molecular weight excluding hydrogens is 536 g/mol. The molecule has 0 radical (unpaired) electrons. The third-order valence-corrected chi connectivity index (χ3v) is 12.1. The van der Waals surface area contributed by atoms with Crippen LogP contribution in [0.2, 0.25) is 0 Å². The van der Waals surface area contributed by atoms with Crippen LogP contribution in [-0.2, 0) is 9.59 Å². The van der Waals surface area contributed by atoms with Gasteiger partial charge in [0, 0.05) is 23.0 Å². The highest BCUT2D eigenvalue weighted by atomic mass is 79.9. The first-order chi connectivity index (χ1) is 14.8. The van der Waals surface area contributed by atoms with Crippen LogP contribution >= 0.6 is 31.9 Å². The Morgan fingerprint density at radius 2 is 1.12 bits per heavy atom. The van der Waals surface area contributed by atoms with Crippen molar-refractivity contribution in [3.8, 4) is 0 Å². The molecule has 4 bridgehead atoms. The number of rotatable bonds is 4. The molecule has 0 spiro atoms. The lowest BCUT2D eigenvalue weighted by atomic mass is 9.70. The normalized spacial score (nSPS) is 43.5. The van der Waals surface area contributed by atoms with Crippen LogP contribution in [0.3, 0.4) is 0 Å². The van der Waals surface area contributed by atoms with Crippen LogP contribution in [0.1, 0.15) is 67.2 Å². The fraction of sp³-hybridized carbons (Fsp3) is 0.750. The number of alkyl halides is 2. The summed E-state index contributed by atoms with van der Waals surface area (Å²) in [5.74, 6) is 0.185. The molecule has 32 heavy (non-hydrogen) atoms. The number of nitrogens with zero attached hydrogens (tertiary/aromatic N) is 2. The highest BCUT2D eigenvalue weighted by molar-refractivity contribution is 9.10. The first-order valence-electron chi connectivity index (χ1n) is 11.5. The Kier molecular flexibility index (Phi) is 5.84. The zero-order valence-corrected chi connectivity index (χ0v) is 22.9. The average Bonchev–Trinajstić information content (AvgIpc) is 3.19. The molecule has 0 saturated heterocycles. The molecule has 4 aliphatic carbocycles. The molecule has 4 aliphatic rings. The van der Waals surface area contributed by atoms with E-state index in [1.165, 1.54) is 25.0 Å². The standard InChI is InChI=1S/C24H34Br2N4O2/c1-21(2)13-9-11-23(21,5)19(17(13)25)29-27-15(31)7-8-16(32)28-30-20-18(26)14-10-12-24(20,6)22(14,3)4/h7-8,13-14,17-18H,9-12H2,1-6H3,(H,27,31)(H,28,32)/b8-7+,29-19+,30-20?/t13-,14+,17-,18-,23-,24-/m1/s1. The van der Waals surface area contributed by atoms with Gasteiger partial charge in [0.05, 0.1) is 21.1 Å². The summed E-state index contributed by atoms with van der Waals surface area (Å²) in [4.78, 5) is 24.9. The molecule has 4 fully saturated rings. The number of hydrazone groups is 2. The molecule has 4 saturated carbocycles. The number of hydrogen-bond acceptors (Lipinski definition) is 4. The lowest BCUT2D eigenvalue weighted by Crippen LogP contribution is -2.36. The summed E-state index contributed by atoms with van der Waals surface area (Å²) in [6, 6.07) is 0. The Bertz CT molecular complexity index is 866. The van der Waals surface area contributed by atoms with E-state index in [-0.39, 0.29) is 31.3 Å². The van der Waals surface area contributed by atoms with Crippen molar-refractivity contribution >= 4 is 55.1 Å². The van der Waals surface area contributed by atoms with Gasteiger partial charge in [0.2, 0.25) is 0 Å². The van der Waals surface area contributed by atoms with E-state index in [1.54, 1.807) is 0 Å². The maximum absolute atomic E-state index is 12.3. The lowest BCUT2D eigenvalue weighted by molar-refractivity contribution is -0.118. The third kappa shape index (κ3) is 3.22. The average molecular weight is 570 g/mol. The van der Waals surface area contributed by atoms with E-state index < -0.39 is 11.8 Å². The molecule has 0 unspecified atom stereocenters. The SMILES string of the molecule is CC1(C)[C@H]2CC[C@]1(C)C(=NNC(=O)/C=C/C(=O)N/N=C1\[C@H](Br)[C@H]3CC[C@@]1(C)C3(C)C)[C@@H]2Br. The number of amides is 2. The summed E-state index contributed by atoms with van der Waals surface area (Å²) in [5, 5.41) is 8.91. The third-order valence-electron chi connectivity index (χ3n) is 9.93. The van der Waals surface area contributed by atoms with Gasteiger partial charge in [-0.3, -0.25) is 9.59 Å². The van der Waals surface area contributed by atoms with E-state index in [4.69, 9.17) is 0 Å². The van der Waals surface area contributed by atoms with Crippen molar-refractivity contribution in [2.24, 2.45) is 43.7 Å². The Morgan fingerprint density at radius 1 is 0.781 bits per heavy atom. The van der Waals surface area contributed by atoms with Gasteiger partial charge in [-0.15, -0.1) is 0 Å². The van der Waals surface area contributed by atoms with Crippen molar-refractivity contribution in [3.05, 3.63) is 12.2 Å². The molecule has 4 rings (SSSR count). The molecule has 0 aromatic heterocycles. The summed E-state index contributed by atoms with van der Waals surface area (Å²) in [5.41, 5.74) is 7.41. The summed E-state index contributed by atoms with van der Waals surface area (Å²) >= 11 is 7.57. The second kappa shape index (κ2) is 7.76. The molecule has 0 aliphatic heterocycles. The molecule has 8 heteroatoms. The number of nitrogens with one attached hydrogen (secondary N) is 2. The summed E-state index contributed by atoms with van der Waals surface area (Å²) in [6.07, 6.45) is 6.90. The van der Waals surface area contributed by atoms with Crippen LogP contribution in [0.5, 0.6) is 0 Å². The maximum atomic E-state index is 12.3. The van der Waals surface area contributed by atoms with Crippen molar-refractivity contribution in [1.82, 2.24) is 10.9 Å². The monoisotopic (exact) mass is 568 g/mol. The number of halogens is 2. The van der Waals surface area contributed by atoms with Crippen molar-refractivity contribution in [3.63, 3.8) is 0 Å². The Balaban J connectivity index is 1.37. The van der Waals surface area contributed by atoms with Gasteiger partial charge in [0.15, 0.2) is 0 Å². The van der Waals surface area contributed by atoms with Gasteiger partial charge in [-0.25, -0.2) is 10.9 Å².